The molecule has 1 amide bonds. The highest BCUT2D eigenvalue weighted by Crippen LogP contribution is 2.02. The first kappa shape index (κ1) is 32.5. The molecule has 0 aromatic heterocycles. The summed E-state index contributed by atoms with van der Waals surface area (Å²) in [6.07, 6.45) is 5.03. The minimum Gasteiger partial charge on any atom is -0.480 e. The molecule has 0 spiro atoms. The number of amides is 1. The van der Waals surface area contributed by atoms with Gasteiger partial charge in [0, 0.05) is 6.92 Å². The molecular formula is C22H37N3O7S. The molecule has 0 heterocycles. The summed E-state index contributed by atoms with van der Waals surface area (Å²) in [5.41, 5.74) is 11.9. The van der Waals surface area contributed by atoms with Crippen molar-refractivity contribution in [3.8, 4) is 0 Å². The summed E-state index contributed by atoms with van der Waals surface area (Å²) in [4.78, 5) is 41.2. The van der Waals surface area contributed by atoms with E-state index in [-0.39, 0.29) is 18.4 Å². The number of aliphatic carboxylic acids is 2. The Morgan fingerprint density at radius 1 is 1.09 bits per heavy atom. The molecule has 11 heteroatoms. The smallest absolute Gasteiger partial charge is 0.322 e. The summed E-state index contributed by atoms with van der Waals surface area (Å²) >= 11 is 1.69. The van der Waals surface area contributed by atoms with Crippen LogP contribution in [-0.2, 0) is 30.3 Å². The minimum absolute atomic E-state index is 0.262. The summed E-state index contributed by atoms with van der Waals surface area (Å²) in [7, 11) is 0. The lowest BCUT2D eigenvalue weighted by atomic mass is 10.1. The summed E-state index contributed by atoms with van der Waals surface area (Å²) < 4.78 is 4.97. The van der Waals surface area contributed by atoms with Crippen molar-refractivity contribution in [3.63, 3.8) is 0 Å². The van der Waals surface area contributed by atoms with Gasteiger partial charge in [-0.2, -0.15) is 11.8 Å². The Balaban J connectivity index is 0. The lowest BCUT2D eigenvalue weighted by Gasteiger charge is -2.09. The molecule has 10 nitrogen and oxygen atoms in total. The van der Waals surface area contributed by atoms with Crippen LogP contribution in [0.1, 0.15) is 38.7 Å². The molecule has 0 aliphatic rings. The lowest BCUT2D eigenvalue weighted by Crippen LogP contribution is -2.33. The Morgan fingerprint density at radius 2 is 1.70 bits per heavy atom. The highest BCUT2D eigenvalue weighted by molar-refractivity contribution is 7.98. The normalized spacial score (nSPS) is 11.4. The van der Waals surface area contributed by atoms with Crippen molar-refractivity contribution in [2.45, 2.75) is 51.6 Å². The van der Waals surface area contributed by atoms with E-state index in [2.05, 4.69) is 12.2 Å². The van der Waals surface area contributed by atoms with Crippen molar-refractivity contribution in [1.29, 1.82) is 0 Å². The lowest BCUT2D eigenvalue weighted by molar-refractivity contribution is -0.145. The first-order valence-electron chi connectivity index (χ1n) is 10.4. The fourth-order valence-corrected chi connectivity index (χ4v) is 2.43. The van der Waals surface area contributed by atoms with E-state index in [0.717, 1.165) is 24.2 Å². The molecule has 0 aliphatic heterocycles. The van der Waals surface area contributed by atoms with E-state index in [1.165, 1.54) is 6.92 Å². The number of nitrogens with two attached hydrogens (primary N) is 2. The molecule has 2 atom stereocenters. The zero-order valence-corrected chi connectivity index (χ0v) is 20.3. The van der Waals surface area contributed by atoms with Gasteiger partial charge in [0.1, 0.15) is 18.6 Å². The van der Waals surface area contributed by atoms with Crippen LogP contribution in [0.25, 0.3) is 0 Å². The van der Waals surface area contributed by atoms with Crippen LogP contribution in [0.4, 0.5) is 0 Å². The second-order valence-electron chi connectivity index (χ2n) is 6.85. The summed E-state index contributed by atoms with van der Waals surface area (Å²) in [6, 6.07) is 8.10. The number of thioether (sulfide) groups is 1. The molecule has 1 aromatic rings. The topological polar surface area (TPSA) is 182 Å². The number of carboxylic acid groups (broad SMARTS) is 2. The van der Waals surface area contributed by atoms with Crippen LogP contribution in [0.3, 0.4) is 0 Å². The third kappa shape index (κ3) is 22.4. The predicted molar refractivity (Wildman–Crippen MR) is 129 cm³/mol. The number of hydrogen-bond donors (Lipinski definition) is 5. The van der Waals surface area contributed by atoms with Gasteiger partial charge in [0.15, 0.2) is 0 Å². The zero-order valence-electron chi connectivity index (χ0n) is 19.5. The molecule has 0 saturated carbocycles. The van der Waals surface area contributed by atoms with Crippen LogP contribution in [-0.4, -0.2) is 71.3 Å². The number of benzene rings is 1. The average molecular weight is 488 g/mol. The van der Waals surface area contributed by atoms with Gasteiger partial charge in [-0.3, -0.25) is 19.2 Å². The van der Waals surface area contributed by atoms with Gasteiger partial charge in [0.2, 0.25) is 5.91 Å². The molecule has 33 heavy (non-hydrogen) atoms. The molecule has 0 bridgehead atoms. The number of hydrogen-bond acceptors (Lipinski definition) is 8. The van der Waals surface area contributed by atoms with Gasteiger partial charge < -0.3 is 31.7 Å². The fourth-order valence-electron chi connectivity index (χ4n) is 1.94. The number of unbranched alkanes of at least 4 members (excludes halogenated alkanes) is 1. The molecule has 7 N–H and O–H groups in total. The third-order valence-corrected chi connectivity index (χ3v) is 4.43. The van der Waals surface area contributed by atoms with E-state index >= 15 is 0 Å². The van der Waals surface area contributed by atoms with Crippen LogP contribution in [0.15, 0.2) is 30.3 Å². The van der Waals surface area contributed by atoms with Gasteiger partial charge in [-0.1, -0.05) is 43.7 Å². The molecule has 0 fully saturated rings. The van der Waals surface area contributed by atoms with E-state index < -0.39 is 24.0 Å². The first-order valence-corrected chi connectivity index (χ1v) is 11.8. The number of esters is 1. The molecule has 188 valence electrons. The quantitative estimate of drug-likeness (QED) is 0.212. The molecule has 1 aromatic carbocycles. The monoisotopic (exact) mass is 487 g/mol. The van der Waals surface area contributed by atoms with E-state index in [1.54, 1.807) is 11.8 Å². The largest absolute Gasteiger partial charge is 0.480 e. The molecule has 0 saturated heterocycles. The van der Waals surface area contributed by atoms with Crippen LogP contribution < -0.4 is 16.8 Å². The Morgan fingerprint density at radius 3 is 2.12 bits per heavy atom. The average Bonchev–Trinajstić information content (AvgIpc) is 2.77. The third-order valence-electron chi connectivity index (χ3n) is 3.78. The molecule has 2 unspecified atom stereocenters. The van der Waals surface area contributed by atoms with E-state index in [4.69, 9.17) is 26.4 Å². The predicted octanol–water partition coefficient (Wildman–Crippen LogP) is 1.26. The van der Waals surface area contributed by atoms with Gasteiger partial charge in [-0.25, -0.2) is 0 Å². The van der Waals surface area contributed by atoms with Gasteiger partial charge in [-0.05, 0) is 36.8 Å². The minimum atomic E-state index is -1.03. The van der Waals surface area contributed by atoms with Gasteiger partial charge in [0.25, 0.3) is 0 Å². The zero-order chi connectivity index (χ0) is 25.6. The van der Waals surface area contributed by atoms with Crippen molar-refractivity contribution in [2.75, 3.05) is 25.2 Å². The number of carbonyl (C=O) groups excluding carboxylic acids is 2. The van der Waals surface area contributed by atoms with Crippen molar-refractivity contribution in [3.05, 3.63) is 35.9 Å². The fraction of sp³-hybridized carbons (Fsp3) is 0.545. The molecule has 1 rings (SSSR count). The summed E-state index contributed by atoms with van der Waals surface area (Å²) in [5.74, 6) is -1.67. The SMILES string of the molecule is CC(=O)NCC(=O)O.CCCCOC(=O)C(N)CCSC.NC(Cc1ccccc1)C(=O)O. The Kier molecular flexibility index (Phi) is 20.9. The number of rotatable bonds is 12. The summed E-state index contributed by atoms with van der Waals surface area (Å²) in [5, 5.41) is 18.6. The molecule has 0 radical (unpaired) electrons. The van der Waals surface area contributed by atoms with Crippen LogP contribution >= 0.6 is 11.8 Å². The number of carbonyl (C=O) groups is 4. The highest BCUT2D eigenvalue weighted by Gasteiger charge is 2.13. The second-order valence-corrected chi connectivity index (χ2v) is 7.83. The van der Waals surface area contributed by atoms with Crippen LogP contribution in [0.5, 0.6) is 0 Å². The van der Waals surface area contributed by atoms with Crippen molar-refractivity contribution in [2.24, 2.45) is 11.5 Å². The first-order chi connectivity index (χ1) is 15.5. The second kappa shape index (κ2) is 21.2. The van der Waals surface area contributed by atoms with Crippen LogP contribution in [0.2, 0.25) is 0 Å². The van der Waals surface area contributed by atoms with Gasteiger partial charge in [0.05, 0.1) is 6.61 Å². The standard InChI is InChI=1S/C9H19NO2S.C9H11NO2.C4H7NO3/c1-3-4-6-12-9(11)8(10)5-7-13-2;10-8(9(11)12)6-7-4-2-1-3-5-7;1-3(6)5-2-4(7)8/h8H,3-7,10H2,1-2H3;1-5,8H,6,10H2,(H,11,12);2H2,1H3,(H,5,6)(H,7,8). The number of carboxylic acids is 2. The number of nitrogens with one attached hydrogen (secondary N) is 1. The van der Waals surface area contributed by atoms with Gasteiger partial charge >= 0.3 is 17.9 Å². The Bertz CT molecular complexity index is 676. The summed E-state index contributed by atoms with van der Waals surface area (Å²) in [6.45, 7) is 3.53. The Labute approximate surface area is 199 Å². The molecule has 0 aliphatic carbocycles. The van der Waals surface area contributed by atoms with E-state index in [0.29, 0.717) is 19.4 Å². The molecular weight excluding hydrogens is 450 g/mol. The highest BCUT2D eigenvalue weighted by atomic mass is 32.2. The van der Waals surface area contributed by atoms with E-state index in [1.807, 2.05) is 36.6 Å². The van der Waals surface area contributed by atoms with E-state index in [9.17, 15) is 19.2 Å². The van der Waals surface area contributed by atoms with Crippen LogP contribution in [0, 0.1) is 0 Å². The van der Waals surface area contributed by atoms with Crippen molar-refractivity contribution < 1.29 is 34.1 Å². The maximum absolute atomic E-state index is 11.2. The Hall–Kier alpha value is -2.63. The maximum Gasteiger partial charge on any atom is 0.322 e. The van der Waals surface area contributed by atoms with Crippen molar-refractivity contribution in [1.82, 2.24) is 5.32 Å². The maximum atomic E-state index is 11.2. The number of ether oxygens (including phenoxy) is 1. The van der Waals surface area contributed by atoms with Crippen molar-refractivity contribution >= 4 is 35.6 Å². The van der Waals surface area contributed by atoms with Gasteiger partial charge in [-0.15, -0.1) is 0 Å².